The number of phenolic OH excluding ortho intramolecular Hbond substituents is 1. The summed E-state index contributed by atoms with van der Waals surface area (Å²) in [5.74, 6) is 0.457. The van der Waals surface area contributed by atoms with E-state index in [4.69, 9.17) is 16.2 Å². The van der Waals surface area contributed by atoms with E-state index in [1.54, 1.807) is 12.1 Å². The summed E-state index contributed by atoms with van der Waals surface area (Å²) in [5, 5.41) is 9.65. The highest BCUT2D eigenvalue weighted by atomic mass is 79.9. The van der Waals surface area contributed by atoms with Gasteiger partial charge in [-0.05, 0) is 27.6 Å². The highest BCUT2D eigenvalue weighted by Gasteiger charge is 2.14. The molecule has 0 saturated carbocycles. The van der Waals surface area contributed by atoms with Gasteiger partial charge in [-0.25, -0.2) is 0 Å². The van der Waals surface area contributed by atoms with E-state index < -0.39 is 0 Å². The van der Waals surface area contributed by atoms with E-state index in [0.29, 0.717) is 16.8 Å². The molecule has 0 bridgehead atoms. The average molecular weight is 261 g/mol. The van der Waals surface area contributed by atoms with Gasteiger partial charge in [0.05, 0.1) is 11.6 Å². The first-order chi connectivity index (χ1) is 6.61. The lowest BCUT2D eigenvalue weighted by atomic mass is 10.1. The molecule has 14 heavy (non-hydrogen) atoms. The lowest BCUT2D eigenvalue weighted by molar-refractivity contribution is 0.371. The second kappa shape index (κ2) is 4.63. The lowest BCUT2D eigenvalue weighted by Gasteiger charge is -2.14. The van der Waals surface area contributed by atoms with Gasteiger partial charge in [0.15, 0.2) is 11.5 Å². The number of rotatable bonds is 3. The molecule has 1 rings (SSSR count). The minimum atomic E-state index is -0.291. The summed E-state index contributed by atoms with van der Waals surface area (Å²) in [6.07, 6.45) is 0. The van der Waals surface area contributed by atoms with Gasteiger partial charge in [-0.15, -0.1) is 0 Å². The Morgan fingerprint density at radius 3 is 2.71 bits per heavy atom. The SMILES string of the molecule is COc1ccc([C@@H](N)CN)c(Br)c1O. The first-order valence-electron chi connectivity index (χ1n) is 4.12. The van der Waals surface area contributed by atoms with E-state index >= 15 is 0 Å². The zero-order chi connectivity index (χ0) is 10.7. The molecule has 0 spiro atoms. The fourth-order valence-electron chi connectivity index (χ4n) is 1.14. The van der Waals surface area contributed by atoms with Crippen molar-refractivity contribution in [2.24, 2.45) is 11.5 Å². The monoisotopic (exact) mass is 260 g/mol. The van der Waals surface area contributed by atoms with Gasteiger partial charge in [-0.2, -0.15) is 0 Å². The van der Waals surface area contributed by atoms with Crippen LogP contribution in [0.15, 0.2) is 16.6 Å². The van der Waals surface area contributed by atoms with Gasteiger partial charge in [-0.3, -0.25) is 0 Å². The van der Waals surface area contributed by atoms with Crippen molar-refractivity contribution in [1.82, 2.24) is 0 Å². The van der Waals surface area contributed by atoms with Crippen molar-refractivity contribution in [3.05, 3.63) is 22.2 Å². The molecule has 78 valence electrons. The molecule has 1 aromatic rings. The molecule has 0 aromatic heterocycles. The first kappa shape index (κ1) is 11.3. The molecule has 0 aliphatic carbocycles. The molecular formula is C9H13BrN2O2. The summed E-state index contributed by atoms with van der Waals surface area (Å²) >= 11 is 3.25. The Morgan fingerprint density at radius 2 is 2.21 bits per heavy atom. The number of halogens is 1. The minimum absolute atomic E-state index is 0.0499. The van der Waals surface area contributed by atoms with Crippen LogP contribution in [0.5, 0.6) is 11.5 Å². The fourth-order valence-corrected chi connectivity index (χ4v) is 1.76. The normalized spacial score (nSPS) is 12.6. The van der Waals surface area contributed by atoms with Crippen LogP contribution in [-0.2, 0) is 0 Å². The van der Waals surface area contributed by atoms with E-state index in [2.05, 4.69) is 15.9 Å². The molecule has 1 atom stereocenters. The molecule has 1 aromatic carbocycles. The van der Waals surface area contributed by atoms with Gasteiger partial charge in [-0.1, -0.05) is 6.07 Å². The number of aromatic hydroxyl groups is 1. The van der Waals surface area contributed by atoms with E-state index in [1.807, 2.05) is 0 Å². The molecule has 0 aliphatic heterocycles. The number of nitrogens with two attached hydrogens (primary N) is 2. The lowest BCUT2D eigenvalue weighted by Crippen LogP contribution is -2.21. The molecule has 0 unspecified atom stereocenters. The second-order valence-electron chi connectivity index (χ2n) is 2.86. The fraction of sp³-hybridized carbons (Fsp3) is 0.333. The summed E-state index contributed by atoms with van der Waals surface area (Å²) in [6.45, 7) is 0.324. The highest BCUT2D eigenvalue weighted by molar-refractivity contribution is 9.10. The standard InChI is InChI=1S/C9H13BrN2O2/c1-14-7-3-2-5(6(12)4-11)8(10)9(7)13/h2-3,6,13H,4,11-12H2,1H3/t6-/m0/s1. The Balaban J connectivity index is 3.17. The van der Waals surface area contributed by atoms with Crippen LogP contribution < -0.4 is 16.2 Å². The Bertz CT molecular complexity index is 331. The van der Waals surface area contributed by atoms with Crippen LogP contribution in [0.25, 0.3) is 0 Å². The van der Waals surface area contributed by atoms with Crippen molar-refractivity contribution in [1.29, 1.82) is 0 Å². The zero-order valence-electron chi connectivity index (χ0n) is 7.83. The summed E-state index contributed by atoms with van der Waals surface area (Å²) in [4.78, 5) is 0. The molecule has 4 nitrogen and oxygen atoms in total. The topological polar surface area (TPSA) is 81.5 Å². The van der Waals surface area contributed by atoms with Crippen LogP contribution >= 0.6 is 15.9 Å². The number of benzene rings is 1. The maximum Gasteiger partial charge on any atom is 0.172 e. The molecule has 0 radical (unpaired) electrons. The van der Waals surface area contributed by atoms with Crippen LogP contribution in [0.4, 0.5) is 0 Å². The van der Waals surface area contributed by atoms with Gasteiger partial charge in [0, 0.05) is 12.6 Å². The Hall–Kier alpha value is -0.780. The van der Waals surface area contributed by atoms with Gasteiger partial charge >= 0.3 is 0 Å². The van der Waals surface area contributed by atoms with Crippen LogP contribution in [-0.4, -0.2) is 18.8 Å². The van der Waals surface area contributed by atoms with Crippen molar-refractivity contribution >= 4 is 15.9 Å². The quantitative estimate of drug-likeness (QED) is 0.761. The van der Waals surface area contributed by atoms with Crippen LogP contribution in [0.3, 0.4) is 0 Å². The van der Waals surface area contributed by atoms with E-state index in [9.17, 15) is 5.11 Å². The number of ether oxygens (including phenoxy) is 1. The van der Waals surface area contributed by atoms with E-state index in [1.165, 1.54) is 7.11 Å². The molecule has 0 heterocycles. The van der Waals surface area contributed by atoms with Crippen molar-refractivity contribution in [2.45, 2.75) is 6.04 Å². The molecule has 0 aliphatic rings. The summed E-state index contributed by atoms with van der Waals surface area (Å²) < 4.78 is 5.48. The molecule has 5 heteroatoms. The van der Waals surface area contributed by atoms with Gasteiger partial charge in [0.1, 0.15) is 0 Å². The molecular weight excluding hydrogens is 248 g/mol. The van der Waals surface area contributed by atoms with E-state index in [-0.39, 0.29) is 11.8 Å². The summed E-state index contributed by atoms with van der Waals surface area (Å²) in [6, 6.07) is 3.15. The third-order valence-electron chi connectivity index (χ3n) is 1.98. The summed E-state index contributed by atoms with van der Waals surface area (Å²) in [5.41, 5.74) is 12.0. The maximum atomic E-state index is 9.65. The van der Waals surface area contributed by atoms with Crippen LogP contribution in [0.2, 0.25) is 0 Å². The number of phenols is 1. The van der Waals surface area contributed by atoms with E-state index in [0.717, 1.165) is 5.56 Å². The van der Waals surface area contributed by atoms with Crippen molar-refractivity contribution in [2.75, 3.05) is 13.7 Å². The Labute approximate surface area is 91.0 Å². The van der Waals surface area contributed by atoms with Crippen molar-refractivity contribution in [3.8, 4) is 11.5 Å². The largest absolute Gasteiger partial charge is 0.503 e. The van der Waals surface area contributed by atoms with Crippen molar-refractivity contribution in [3.63, 3.8) is 0 Å². The Morgan fingerprint density at radius 1 is 1.57 bits per heavy atom. The predicted molar refractivity (Wildman–Crippen MR) is 58.3 cm³/mol. The highest BCUT2D eigenvalue weighted by Crippen LogP contribution is 2.38. The molecule has 5 N–H and O–H groups in total. The molecule has 0 amide bonds. The van der Waals surface area contributed by atoms with Crippen LogP contribution in [0, 0.1) is 0 Å². The third-order valence-corrected chi connectivity index (χ3v) is 2.82. The zero-order valence-corrected chi connectivity index (χ0v) is 9.41. The maximum absolute atomic E-state index is 9.65. The Kier molecular flexibility index (Phi) is 3.74. The molecule has 0 saturated heterocycles. The number of hydrogen-bond acceptors (Lipinski definition) is 4. The third kappa shape index (κ3) is 2.00. The number of hydrogen-bond donors (Lipinski definition) is 3. The first-order valence-corrected chi connectivity index (χ1v) is 4.92. The molecule has 0 fully saturated rings. The summed E-state index contributed by atoms with van der Waals surface area (Å²) in [7, 11) is 1.49. The van der Waals surface area contributed by atoms with Crippen LogP contribution in [0.1, 0.15) is 11.6 Å². The van der Waals surface area contributed by atoms with Gasteiger partial charge in [0.25, 0.3) is 0 Å². The van der Waals surface area contributed by atoms with Gasteiger partial charge in [0.2, 0.25) is 0 Å². The average Bonchev–Trinajstić information content (AvgIpc) is 2.21. The predicted octanol–water partition coefficient (Wildman–Crippen LogP) is 1.12. The van der Waals surface area contributed by atoms with Gasteiger partial charge < -0.3 is 21.3 Å². The number of methoxy groups -OCH3 is 1. The minimum Gasteiger partial charge on any atom is -0.503 e. The van der Waals surface area contributed by atoms with Crippen molar-refractivity contribution < 1.29 is 9.84 Å². The smallest absolute Gasteiger partial charge is 0.172 e. The second-order valence-corrected chi connectivity index (χ2v) is 3.65.